The molecule has 6 heteroatoms. The summed E-state index contributed by atoms with van der Waals surface area (Å²) in [5.41, 5.74) is 0. The van der Waals surface area contributed by atoms with Crippen molar-refractivity contribution in [2.75, 3.05) is 0 Å². The van der Waals surface area contributed by atoms with Crippen molar-refractivity contribution in [3.8, 4) is 0 Å². The van der Waals surface area contributed by atoms with E-state index in [1.807, 2.05) is 30.3 Å². The number of hydrogen-bond donors (Lipinski definition) is 1. The molecule has 0 saturated heterocycles. The first-order valence-corrected chi connectivity index (χ1v) is 6.93. The van der Waals surface area contributed by atoms with Gasteiger partial charge in [0.1, 0.15) is 0 Å². The summed E-state index contributed by atoms with van der Waals surface area (Å²) in [7, 11) is 0. The maximum atomic E-state index is 10.4. The molecule has 1 aromatic carbocycles. The molecule has 19 heavy (non-hydrogen) atoms. The van der Waals surface area contributed by atoms with E-state index in [1.54, 1.807) is 11.8 Å². The molecule has 0 aliphatic rings. The Morgan fingerprint density at radius 3 is 2.68 bits per heavy atom. The lowest BCUT2D eigenvalue weighted by Crippen LogP contribution is -1.95. The fraction of sp³-hybridized carbons (Fsp3) is 0.308. The molecule has 100 valence electrons. The minimum atomic E-state index is -0.806. The van der Waals surface area contributed by atoms with Gasteiger partial charge in [-0.2, -0.15) is 0 Å². The van der Waals surface area contributed by atoms with E-state index in [1.165, 1.54) is 0 Å². The summed E-state index contributed by atoms with van der Waals surface area (Å²) in [6.07, 6.45) is 1.15. The number of thioether (sulfide) groups is 1. The zero-order valence-electron chi connectivity index (χ0n) is 10.3. The molecule has 0 aliphatic carbocycles. The predicted octanol–water partition coefficient (Wildman–Crippen LogP) is 2.77. The normalized spacial score (nSPS) is 10.5. The summed E-state index contributed by atoms with van der Waals surface area (Å²) in [4.78, 5) is 11.5. The van der Waals surface area contributed by atoms with Crippen LogP contribution in [-0.2, 0) is 17.0 Å². The molecule has 0 bridgehead atoms. The van der Waals surface area contributed by atoms with Gasteiger partial charge in [-0.25, -0.2) is 0 Å². The number of nitrogens with zero attached hydrogens (tertiary/aromatic N) is 2. The number of aryl methyl sites for hydroxylation is 1. The van der Waals surface area contributed by atoms with E-state index < -0.39 is 5.97 Å². The monoisotopic (exact) mass is 278 g/mol. The summed E-state index contributed by atoms with van der Waals surface area (Å²) in [5.74, 6) is 0.888. The van der Waals surface area contributed by atoms with E-state index >= 15 is 0 Å². The molecule has 2 rings (SSSR count). The zero-order valence-corrected chi connectivity index (χ0v) is 11.1. The molecule has 0 aliphatic heterocycles. The minimum absolute atomic E-state index is 0.122. The molecule has 0 fully saturated rings. The van der Waals surface area contributed by atoms with Crippen LogP contribution in [-0.4, -0.2) is 21.3 Å². The van der Waals surface area contributed by atoms with Crippen LogP contribution in [0.5, 0.6) is 0 Å². The largest absolute Gasteiger partial charge is 0.481 e. The first-order valence-electron chi connectivity index (χ1n) is 5.95. The van der Waals surface area contributed by atoms with E-state index in [0.29, 0.717) is 30.4 Å². The van der Waals surface area contributed by atoms with Crippen LogP contribution in [0.4, 0.5) is 0 Å². The van der Waals surface area contributed by atoms with Crippen molar-refractivity contribution >= 4 is 17.7 Å². The van der Waals surface area contributed by atoms with Crippen LogP contribution in [0, 0.1) is 0 Å². The lowest BCUT2D eigenvalue weighted by atomic mass is 10.2. The Hall–Kier alpha value is -1.82. The van der Waals surface area contributed by atoms with E-state index in [9.17, 15) is 4.79 Å². The lowest BCUT2D eigenvalue weighted by Gasteiger charge is -1.96. The predicted molar refractivity (Wildman–Crippen MR) is 70.9 cm³/mol. The Morgan fingerprint density at radius 1 is 1.21 bits per heavy atom. The third kappa shape index (κ3) is 4.75. The molecule has 0 radical (unpaired) electrons. The Labute approximate surface area is 115 Å². The molecule has 2 aromatic rings. The van der Waals surface area contributed by atoms with Gasteiger partial charge in [-0.1, -0.05) is 18.2 Å². The third-order valence-corrected chi connectivity index (χ3v) is 3.39. The number of aliphatic carboxylic acids is 1. The number of carbonyl (C=O) groups is 1. The van der Waals surface area contributed by atoms with Gasteiger partial charge in [-0.3, -0.25) is 4.79 Å². The molecule has 0 spiro atoms. The molecular formula is C13H14N2O3S. The van der Waals surface area contributed by atoms with Crippen molar-refractivity contribution in [2.24, 2.45) is 0 Å². The number of benzene rings is 1. The molecule has 0 atom stereocenters. The number of carboxylic acid groups (broad SMARTS) is 1. The fourth-order valence-electron chi connectivity index (χ4n) is 1.50. The highest BCUT2D eigenvalue weighted by Gasteiger charge is 2.07. The highest BCUT2D eigenvalue weighted by Crippen LogP contribution is 2.21. The van der Waals surface area contributed by atoms with Crippen LogP contribution < -0.4 is 0 Å². The van der Waals surface area contributed by atoms with E-state index in [-0.39, 0.29) is 6.42 Å². The SMILES string of the molecule is O=C(O)CCCc1nnc(CSc2ccccc2)o1. The average molecular weight is 278 g/mol. The molecule has 0 saturated carbocycles. The first-order chi connectivity index (χ1) is 9.24. The standard InChI is InChI=1S/C13H14N2O3S/c16-13(17)8-4-7-11-14-15-12(18-11)9-19-10-5-2-1-3-6-10/h1-3,5-6H,4,7-9H2,(H,16,17). The number of rotatable bonds is 7. The van der Waals surface area contributed by atoms with Crippen LogP contribution in [0.2, 0.25) is 0 Å². The van der Waals surface area contributed by atoms with Crippen LogP contribution in [0.1, 0.15) is 24.6 Å². The quantitative estimate of drug-likeness (QED) is 0.785. The van der Waals surface area contributed by atoms with Crippen molar-refractivity contribution in [3.05, 3.63) is 42.1 Å². The summed E-state index contributed by atoms with van der Waals surface area (Å²) >= 11 is 1.63. The molecule has 0 amide bonds. The topological polar surface area (TPSA) is 76.2 Å². The van der Waals surface area contributed by atoms with Crippen LogP contribution in [0.3, 0.4) is 0 Å². The van der Waals surface area contributed by atoms with Gasteiger partial charge >= 0.3 is 5.97 Å². The van der Waals surface area contributed by atoms with E-state index in [2.05, 4.69) is 10.2 Å². The smallest absolute Gasteiger partial charge is 0.303 e. The van der Waals surface area contributed by atoms with Gasteiger partial charge in [0, 0.05) is 17.7 Å². The molecule has 1 heterocycles. The maximum Gasteiger partial charge on any atom is 0.303 e. The van der Waals surface area contributed by atoms with Crippen molar-refractivity contribution in [3.63, 3.8) is 0 Å². The number of carboxylic acids is 1. The van der Waals surface area contributed by atoms with Gasteiger partial charge < -0.3 is 9.52 Å². The fourth-order valence-corrected chi connectivity index (χ4v) is 2.26. The second-order valence-corrected chi connectivity index (χ2v) is 4.99. The van der Waals surface area contributed by atoms with E-state index in [0.717, 1.165) is 4.90 Å². The molecular weight excluding hydrogens is 264 g/mol. The summed E-state index contributed by atoms with van der Waals surface area (Å²) in [6, 6.07) is 9.97. The van der Waals surface area contributed by atoms with Gasteiger partial charge in [0.25, 0.3) is 0 Å². The van der Waals surface area contributed by atoms with Crippen molar-refractivity contribution < 1.29 is 14.3 Å². The summed E-state index contributed by atoms with van der Waals surface area (Å²) < 4.78 is 5.45. The molecule has 0 unspecified atom stereocenters. The third-order valence-electron chi connectivity index (χ3n) is 2.40. The second-order valence-electron chi connectivity index (χ2n) is 3.94. The average Bonchev–Trinajstić information content (AvgIpc) is 2.85. The maximum absolute atomic E-state index is 10.4. The van der Waals surface area contributed by atoms with Gasteiger partial charge in [0.2, 0.25) is 11.8 Å². The first kappa shape index (κ1) is 13.6. The van der Waals surface area contributed by atoms with Gasteiger partial charge in [0.15, 0.2) is 0 Å². The van der Waals surface area contributed by atoms with Crippen molar-refractivity contribution in [1.82, 2.24) is 10.2 Å². The Balaban J connectivity index is 1.79. The number of aromatic nitrogens is 2. The van der Waals surface area contributed by atoms with Gasteiger partial charge in [-0.05, 0) is 18.6 Å². The van der Waals surface area contributed by atoms with Crippen molar-refractivity contribution in [1.29, 1.82) is 0 Å². The Kier molecular flexibility index (Phi) is 4.97. The summed E-state index contributed by atoms with van der Waals surface area (Å²) in [6.45, 7) is 0. The second kappa shape index (κ2) is 6.94. The Bertz CT molecular complexity index is 528. The Morgan fingerprint density at radius 2 is 1.95 bits per heavy atom. The highest BCUT2D eigenvalue weighted by atomic mass is 32.2. The zero-order chi connectivity index (χ0) is 13.5. The molecule has 1 aromatic heterocycles. The minimum Gasteiger partial charge on any atom is -0.481 e. The van der Waals surface area contributed by atoms with Gasteiger partial charge in [-0.15, -0.1) is 22.0 Å². The van der Waals surface area contributed by atoms with Crippen LogP contribution in [0.25, 0.3) is 0 Å². The van der Waals surface area contributed by atoms with E-state index in [4.69, 9.17) is 9.52 Å². The molecule has 1 N–H and O–H groups in total. The lowest BCUT2D eigenvalue weighted by molar-refractivity contribution is -0.137. The van der Waals surface area contributed by atoms with Crippen LogP contribution in [0.15, 0.2) is 39.6 Å². The summed E-state index contributed by atoms with van der Waals surface area (Å²) in [5, 5.41) is 16.4. The number of hydrogen-bond acceptors (Lipinski definition) is 5. The van der Waals surface area contributed by atoms with Gasteiger partial charge in [0.05, 0.1) is 5.75 Å². The van der Waals surface area contributed by atoms with Crippen LogP contribution >= 0.6 is 11.8 Å². The highest BCUT2D eigenvalue weighted by molar-refractivity contribution is 7.98. The molecule has 5 nitrogen and oxygen atoms in total. The van der Waals surface area contributed by atoms with Crippen molar-refractivity contribution in [2.45, 2.75) is 29.9 Å².